The van der Waals surface area contributed by atoms with Crippen LogP contribution in [0.25, 0.3) is 0 Å². The molecule has 1 unspecified atom stereocenters. The van der Waals surface area contributed by atoms with Gasteiger partial charge in [-0.3, -0.25) is 0 Å². The summed E-state index contributed by atoms with van der Waals surface area (Å²) in [6, 6.07) is 13.6. The summed E-state index contributed by atoms with van der Waals surface area (Å²) in [5.41, 5.74) is 1.13. The van der Waals surface area contributed by atoms with Crippen molar-refractivity contribution in [1.82, 2.24) is 0 Å². The molecular weight excluding hydrogens is 989 g/mol. The van der Waals surface area contributed by atoms with E-state index in [0.717, 1.165) is 6.42 Å². The van der Waals surface area contributed by atoms with Crippen molar-refractivity contribution in [3.05, 3.63) is 115 Å². The molecule has 4 aromatic carbocycles. The number of aromatic hydroxyl groups is 2. The number of esters is 4. The van der Waals surface area contributed by atoms with Crippen LogP contribution in [0.3, 0.4) is 0 Å². The van der Waals surface area contributed by atoms with Crippen LogP contribution in [-0.4, -0.2) is 40.4 Å². The van der Waals surface area contributed by atoms with Gasteiger partial charge in [0.25, 0.3) is 6.29 Å². The van der Waals surface area contributed by atoms with Gasteiger partial charge in [0, 0.05) is 50.4 Å². The molecule has 0 aromatic heterocycles. The van der Waals surface area contributed by atoms with Crippen molar-refractivity contribution in [1.29, 1.82) is 0 Å². The Balaban J connectivity index is 1.89. The number of carbonyl (C=O) groups is 4. The summed E-state index contributed by atoms with van der Waals surface area (Å²) in [7, 11) is 0. The summed E-state index contributed by atoms with van der Waals surface area (Å²) >= 11 is 0. The highest BCUT2D eigenvalue weighted by molar-refractivity contribution is 5.96. The number of hydrogen-bond donors (Lipinski definition) is 2. The molecular formula is C69H100O10. The summed E-state index contributed by atoms with van der Waals surface area (Å²) in [6.07, 6.45) is 0.0361. The summed E-state index contributed by atoms with van der Waals surface area (Å²) in [5.74, 6) is -2.13. The zero-order valence-corrected chi connectivity index (χ0v) is 53.8. The Labute approximate surface area is 476 Å². The predicted molar refractivity (Wildman–Crippen MR) is 321 cm³/mol. The number of ether oxygens (including phenoxy) is 4. The Morgan fingerprint density at radius 1 is 0.367 bits per heavy atom. The highest BCUT2D eigenvalue weighted by Crippen LogP contribution is 2.46. The molecule has 79 heavy (non-hydrogen) atoms. The first-order chi connectivity index (χ1) is 35.3. The smallest absolute Gasteiger partial charge is 0.343 e. The first-order valence-electron chi connectivity index (χ1n) is 28.3. The van der Waals surface area contributed by atoms with Crippen LogP contribution < -0.4 is 9.47 Å². The minimum atomic E-state index is -1.33. The van der Waals surface area contributed by atoms with Crippen molar-refractivity contribution in [2.75, 3.05) is 0 Å². The average Bonchev–Trinajstić information content (AvgIpc) is 3.25. The summed E-state index contributed by atoms with van der Waals surface area (Å²) in [5, 5.41) is 22.9. The third kappa shape index (κ3) is 15.8. The van der Waals surface area contributed by atoms with Gasteiger partial charge in [-0.15, -0.1) is 0 Å². The fourth-order valence-corrected chi connectivity index (χ4v) is 9.75. The largest absolute Gasteiger partial charge is 0.507 e. The van der Waals surface area contributed by atoms with E-state index in [1.165, 1.54) is 0 Å². The third-order valence-corrected chi connectivity index (χ3v) is 14.9. The maximum Gasteiger partial charge on any atom is 0.343 e. The molecule has 2 N–H and O–H groups in total. The Morgan fingerprint density at radius 3 is 0.772 bits per heavy atom. The van der Waals surface area contributed by atoms with Gasteiger partial charge in [-0.1, -0.05) is 200 Å². The molecule has 0 fully saturated rings. The average molecular weight is 1090 g/mol. The normalized spacial score (nSPS) is 13.8. The van der Waals surface area contributed by atoms with Crippen LogP contribution in [0, 0.1) is 11.3 Å². The molecule has 10 heteroatoms. The second-order valence-corrected chi connectivity index (χ2v) is 31.3. The molecule has 0 aliphatic heterocycles. The number of benzene rings is 4. The van der Waals surface area contributed by atoms with Gasteiger partial charge in [-0.05, 0) is 104 Å². The predicted octanol–water partition coefficient (Wildman–Crippen LogP) is 17.7. The number of hydrogen-bond acceptors (Lipinski definition) is 10. The molecule has 0 heterocycles. The zero-order chi connectivity index (χ0) is 61.1. The first-order valence-corrected chi connectivity index (χ1v) is 28.3. The minimum Gasteiger partial charge on any atom is -0.507 e. The second kappa shape index (κ2) is 22.4. The summed E-state index contributed by atoms with van der Waals surface area (Å²) < 4.78 is 25.8. The Hall–Kier alpha value is -5.64. The van der Waals surface area contributed by atoms with Crippen molar-refractivity contribution < 1.29 is 48.3 Å². The van der Waals surface area contributed by atoms with E-state index in [1.54, 1.807) is 48.5 Å². The number of carbonyl (C=O) groups excluding carboxylic acids is 4. The summed E-state index contributed by atoms with van der Waals surface area (Å²) in [6.45, 7) is 55.9. The van der Waals surface area contributed by atoms with Gasteiger partial charge in [-0.25, -0.2) is 19.2 Å². The van der Waals surface area contributed by atoms with Crippen LogP contribution in [0.1, 0.15) is 293 Å². The monoisotopic (exact) mass is 1090 g/mol. The van der Waals surface area contributed by atoms with Crippen LogP contribution in [0.15, 0.2) is 48.5 Å². The molecule has 0 radical (unpaired) electrons. The molecule has 4 aromatic rings. The van der Waals surface area contributed by atoms with Crippen molar-refractivity contribution >= 4 is 23.9 Å². The van der Waals surface area contributed by atoms with Gasteiger partial charge in [0.15, 0.2) is 0 Å². The van der Waals surface area contributed by atoms with Gasteiger partial charge in [0.1, 0.15) is 23.0 Å². The standard InChI is InChI=1S/C69H100O10/c1-29-69(27,28)38-39(2)60(78-58(74)42-34-48(65(15,16)17)54(49(35-42)66(18,19)20)76-56(72)40-30-44(61(3,4)5)52(70)45(31-40)62(6,7)8)79-59(75)43-36-50(67(21,22)23)55(51(37-43)68(24,25)26)77-57(73)41-32-46(63(9,10)11)53(71)47(33-41)64(12,13)14/h30-37,39,60,70-71H,29,38H2,1-28H3. The quantitative estimate of drug-likeness (QED) is 0.0799. The number of phenolic OH excluding ortho intramolecular Hbond substituents is 2. The molecule has 436 valence electrons. The van der Waals surface area contributed by atoms with E-state index in [1.807, 2.05) is 173 Å². The molecule has 1 atom stereocenters. The molecule has 4 rings (SSSR count). The van der Waals surface area contributed by atoms with Crippen molar-refractivity contribution in [3.63, 3.8) is 0 Å². The van der Waals surface area contributed by atoms with Gasteiger partial charge < -0.3 is 29.2 Å². The maximum absolute atomic E-state index is 14.9. The van der Waals surface area contributed by atoms with Gasteiger partial charge in [0.2, 0.25) is 0 Å². The van der Waals surface area contributed by atoms with Gasteiger partial charge in [0.05, 0.1) is 22.3 Å². The van der Waals surface area contributed by atoms with E-state index in [0.29, 0.717) is 73.6 Å². The highest BCUT2D eigenvalue weighted by Gasteiger charge is 2.38. The Bertz CT molecular complexity index is 2610. The molecule has 0 saturated carbocycles. The number of phenols is 2. The van der Waals surface area contributed by atoms with Crippen LogP contribution in [0.2, 0.25) is 0 Å². The second-order valence-electron chi connectivity index (χ2n) is 31.3. The molecule has 0 spiro atoms. The minimum absolute atomic E-state index is 0.152. The Kier molecular flexibility index (Phi) is 18.6. The fraction of sp³-hybridized carbons (Fsp3) is 0.594. The lowest BCUT2D eigenvalue weighted by molar-refractivity contribution is -0.112. The first kappa shape index (κ1) is 65.9. The molecule has 0 amide bonds. The molecule has 10 nitrogen and oxygen atoms in total. The van der Waals surface area contributed by atoms with Crippen LogP contribution in [0.4, 0.5) is 0 Å². The molecule has 0 aliphatic rings. The Morgan fingerprint density at radius 2 is 0.570 bits per heavy atom. The molecule has 0 bridgehead atoms. The zero-order valence-electron chi connectivity index (χ0n) is 53.8. The van der Waals surface area contributed by atoms with E-state index < -0.39 is 79.4 Å². The lowest BCUT2D eigenvalue weighted by atomic mass is 9.78. The SMILES string of the molecule is CCC(C)(C)CC(C)C(OC(=O)c1cc(C(C)(C)C)c(OC(=O)c2cc(C(C)(C)C)c(O)c(C(C)(C)C)c2)c(C(C)(C)C)c1)OC(=O)c1cc(C(C)(C)C)c(OC(=O)c2cc(C(C)(C)C)c(O)c(C(C)(C)C)c2)c(C(C)(C)C)c1. The van der Waals surface area contributed by atoms with Crippen molar-refractivity contribution in [2.24, 2.45) is 11.3 Å². The van der Waals surface area contributed by atoms with E-state index in [4.69, 9.17) is 18.9 Å². The third-order valence-electron chi connectivity index (χ3n) is 14.9. The highest BCUT2D eigenvalue weighted by atomic mass is 16.7. The van der Waals surface area contributed by atoms with Crippen molar-refractivity contribution in [2.45, 2.75) is 256 Å². The topological polar surface area (TPSA) is 146 Å². The van der Waals surface area contributed by atoms with Gasteiger partial charge in [-0.2, -0.15) is 0 Å². The lowest BCUT2D eigenvalue weighted by Gasteiger charge is -2.32. The summed E-state index contributed by atoms with van der Waals surface area (Å²) in [4.78, 5) is 58.9. The van der Waals surface area contributed by atoms with Crippen LogP contribution in [-0.2, 0) is 52.8 Å². The van der Waals surface area contributed by atoms with Gasteiger partial charge >= 0.3 is 23.9 Å². The number of rotatable bonds is 12. The van der Waals surface area contributed by atoms with Crippen LogP contribution >= 0.6 is 0 Å². The maximum atomic E-state index is 14.9. The van der Waals surface area contributed by atoms with E-state index in [-0.39, 0.29) is 28.0 Å². The van der Waals surface area contributed by atoms with E-state index in [2.05, 4.69) is 20.8 Å². The molecule has 0 aliphatic carbocycles. The molecule has 0 saturated heterocycles. The fourth-order valence-electron chi connectivity index (χ4n) is 9.75. The van der Waals surface area contributed by atoms with E-state index >= 15 is 0 Å². The van der Waals surface area contributed by atoms with Crippen LogP contribution in [0.5, 0.6) is 23.0 Å². The van der Waals surface area contributed by atoms with E-state index in [9.17, 15) is 29.4 Å². The van der Waals surface area contributed by atoms with Crippen molar-refractivity contribution in [3.8, 4) is 23.0 Å². The lowest BCUT2D eigenvalue weighted by Crippen LogP contribution is -2.34.